The van der Waals surface area contributed by atoms with E-state index in [2.05, 4.69) is 38.1 Å². The van der Waals surface area contributed by atoms with E-state index < -0.39 is 0 Å². The van der Waals surface area contributed by atoms with E-state index >= 15 is 0 Å². The molecule has 2 aliphatic rings. The normalized spacial score (nSPS) is 29.5. The first-order valence-corrected chi connectivity index (χ1v) is 11.6. The zero-order valence-corrected chi connectivity index (χ0v) is 17.8. The number of hydrogen-bond acceptors (Lipinski definition) is 4. The third kappa shape index (κ3) is 7.03. The van der Waals surface area contributed by atoms with Crippen LogP contribution in [0.4, 0.5) is 0 Å². The minimum absolute atomic E-state index is 0.218. The third-order valence-electron chi connectivity index (χ3n) is 5.86. The number of unbranched alkanes of at least 4 members (excludes halogenated alkanes) is 2. The van der Waals surface area contributed by atoms with E-state index in [-0.39, 0.29) is 18.1 Å². The summed E-state index contributed by atoms with van der Waals surface area (Å²) < 4.78 is 0. The van der Waals surface area contributed by atoms with Crippen molar-refractivity contribution in [3.63, 3.8) is 0 Å². The molecule has 0 radical (unpaired) electrons. The van der Waals surface area contributed by atoms with Crippen molar-refractivity contribution >= 4 is 11.8 Å². The number of aliphatic hydroxyl groups excluding tert-OH is 2. The molecule has 4 heteroatoms. The smallest absolute Gasteiger partial charge is 0.0721 e. The zero-order chi connectivity index (χ0) is 18.9. The zero-order valence-electron chi connectivity index (χ0n) is 16.9. The molecule has 2 N–H and O–H groups in total. The Hall–Kier alpha value is -0.290. The SMILES string of the molecule is CCCCC[C@H](O)/C=C/[C@@H]1[C@H]2CC(CCSCCN(C)C)=C[C@H]2C[C@H]1O. The quantitative estimate of drug-likeness (QED) is 0.394. The largest absolute Gasteiger partial charge is 0.392 e. The van der Waals surface area contributed by atoms with Gasteiger partial charge in [0.25, 0.3) is 0 Å². The molecule has 0 aromatic rings. The van der Waals surface area contributed by atoms with Crippen LogP contribution in [0.1, 0.15) is 51.9 Å². The van der Waals surface area contributed by atoms with Crippen molar-refractivity contribution in [1.29, 1.82) is 0 Å². The Kier molecular flexibility index (Phi) is 9.76. The molecule has 2 aliphatic carbocycles. The topological polar surface area (TPSA) is 43.7 Å². The number of rotatable bonds is 12. The molecule has 0 aromatic carbocycles. The Morgan fingerprint density at radius 1 is 1.31 bits per heavy atom. The lowest BCUT2D eigenvalue weighted by Gasteiger charge is -2.19. The van der Waals surface area contributed by atoms with Crippen molar-refractivity contribution in [3.8, 4) is 0 Å². The second-order valence-electron chi connectivity index (χ2n) is 8.35. The molecule has 0 bridgehead atoms. The lowest BCUT2D eigenvalue weighted by Crippen LogP contribution is -2.18. The van der Waals surface area contributed by atoms with Crippen LogP contribution in [0.25, 0.3) is 0 Å². The molecule has 0 unspecified atom stereocenters. The minimum Gasteiger partial charge on any atom is -0.392 e. The van der Waals surface area contributed by atoms with Crippen LogP contribution < -0.4 is 0 Å². The van der Waals surface area contributed by atoms with E-state index in [1.165, 1.54) is 30.8 Å². The number of thioether (sulfide) groups is 1. The predicted molar refractivity (Wildman–Crippen MR) is 114 cm³/mol. The number of fused-ring (bicyclic) bond motifs is 1. The van der Waals surface area contributed by atoms with Crippen LogP contribution in [0.15, 0.2) is 23.8 Å². The standard InChI is InChI=1S/C22H39NO2S/c1-4-5-6-7-19(24)8-9-20-21-15-17(14-18(21)16-22(20)25)10-12-26-13-11-23(2)3/h8-9,14,18-22,24-25H,4-7,10-13,15-16H2,1-3H3/b9-8+/t18-,19-,20+,21-,22+/m0/s1. The van der Waals surface area contributed by atoms with Gasteiger partial charge in [0.15, 0.2) is 0 Å². The second kappa shape index (κ2) is 11.5. The van der Waals surface area contributed by atoms with E-state index in [0.29, 0.717) is 11.8 Å². The first-order chi connectivity index (χ1) is 12.5. The van der Waals surface area contributed by atoms with Gasteiger partial charge in [0.1, 0.15) is 0 Å². The van der Waals surface area contributed by atoms with Gasteiger partial charge in [-0.25, -0.2) is 0 Å². The Morgan fingerprint density at radius 3 is 2.85 bits per heavy atom. The van der Waals surface area contributed by atoms with E-state index in [0.717, 1.165) is 32.2 Å². The van der Waals surface area contributed by atoms with Crippen LogP contribution in [0.3, 0.4) is 0 Å². The fraction of sp³-hybridized carbons (Fsp3) is 0.818. The summed E-state index contributed by atoms with van der Waals surface area (Å²) in [5.41, 5.74) is 1.59. The lowest BCUT2D eigenvalue weighted by molar-refractivity contribution is 0.139. The molecule has 0 heterocycles. The summed E-state index contributed by atoms with van der Waals surface area (Å²) in [7, 11) is 4.25. The molecule has 0 spiro atoms. The van der Waals surface area contributed by atoms with E-state index in [1.54, 1.807) is 5.57 Å². The average Bonchev–Trinajstić information content (AvgIpc) is 3.09. The maximum absolute atomic E-state index is 10.4. The van der Waals surface area contributed by atoms with Crippen molar-refractivity contribution < 1.29 is 10.2 Å². The van der Waals surface area contributed by atoms with Gasteiger partial charge >= 0.3 is 0 Å². The van der Waals surface area contributed by atoms with E-state index in [9.17, 15) is 10.2 Å². The van der Waals surface area contributed by atoms with Gasteiger partial charge in [-0.3, -0.25) is 0 Å². The Balaban J connectivity index is 1.74. The average molecular weight is 382 g/mol. The molecule has 26 heavy (non-hydrogen) atoms. The van der Waals surface area contributed by atoms with Gasteiger partial charge in [0.05, 0.1) is 12.2 Å². The molecule has 0 saturated heterocycles. The van der Waals surface area contributed by atoms with Crippen molar-refractivity contribution in [2.75, 3.05) is 32.1 Å². The van der Waals surface area contributed by atoms with Crippen LogP contribution >= 0.6 is 11.8 Å². The monoisotopic (exact) mass is 381 g/mol. The highest BCUT2D eigenvalue weighted by Gasteiger charge is 2.43. The molecule has 1 fully saturated rings. The second-order valence-corrected chi connectivity index (χ2v) is 9.58. The first kappa shape index (κ1) is 22.0. The predicted octanol–water partition coefficient (Wildman–Crippen LogP) is 4.11. The third-order valence-corrected chi connectivity index (χ3v) is 6.82. The molecule has 5 atom stereocenters. The van der Waals surface area contributed by atoms with Gasteiger partial charge in [0, 0.05) is 18.2 Å². The maximum Gasteiger partial charge on any atom is 0.0721 e. The summed E-state index contributed by atoms with van der Waals surface area (Å²) in [5, 5.41) is 20.6. The Labute approximate surface area is 164 Å². The van der Waals surface area contributed by atoms with Crippen LogP contribution in [-0.4, -0.2) is 59.5 Å². The van der Waals surface area contributed by atoms with Crippen LogP contribution in [0.5, 0.6) is 0 Å². The summed E-state index contributed by atoms with van der Waals surface area (Å²) in [6.07, 6.45) is 13.4. The summed E-state index contributed by atoms with van der Waals surface area (Å²) in [6, 6.07) is 0. The van der Waals surface area contributed by atoms with Crippen molar-refractivity contribution in [2.24, 2.45) is 17.8 Å². The van der Waals surface area contributed by atoms with E-state index in [4.69, 9.17) is 0 Å². The number of nitrogens with zero attached hydrogens (tertiary/aromatic N) is 1. The van der Waals surface area contributed by atoms with Gasteiger partial charge < -0.3 is 15.1 Å². The minimum atomic E-state index is -0.352. The van der Waals surface area contributed by atoms with Crippen molar-refractivity contribution in [3.05, 3.63) is 23.8 Å². The first-order valence-electron chi connectivity index (χ1n) is 10.5. The van der Waals surface area contributed by atoms with Gasteiger partial charge in [-0.2, -0.15) is 11.8 Å². The van der Waals surface area contributed by atoms with Gasteiger partial charge in [-0.1, -0.05) is 50.0 Å². The molecular formula is C22H39NO2S. The highest BCUT2D eigenvalue weighted by atomic mass is 32.2. The van der Waals surface area contributed by atoms with E-state index in [1.807, 2.05) is 17.8 Å². The molecule has 0 aliphatic heterocycles. The van der Waals surface area contributed by atoms with Crippen molar-refractivity contribution in [1.82, 2.24) is 4.90 Å². The molecule has 0 aromatic heterocycles. The lowest BCUT2D eigenvalue weighted by atomic mass is 9.88. The highest BCUT2D eigenvalue weighted by Crippen LogP contribution is 2.48. The molecule has 3 nitrogen and oxygen atoms in total. The fourth-order valence-corrected chi connectivity index (χ4v) is 5.40. The summed E-state index contributed by atoms with van der Waals surface area (Å²) in [5.74, 6) is 3.71. The molecule has 0 amide bonds. The molecule has 2 rings (SSSR count). The van der Waals surface area contributed by atoms with Crippen LogP contribution in [0.2, 0.25) is 0 Å². The summed E-state index contributed by atoms with van der Waals surface area (Å²) in [4.78, 5) is 2.24. The van der Waals surface area contributed by atoms with Gasteiger partial charge in [-0.15, -0.1) is 0 Å². The Bertz CT molecular complexity index is 463. The highest BCUT2D eigenvalue weighted by molar-refractivity contribution is 7.99. The Morgan fingerprint density at radius 2 is 2.12 bits per heavy atom. The summed E-state index contributed by atoms with van der Waals surface area (Å²) in [6.45, 7) is 3.33. The molecular weight excluding hydrogens is 342 g/mol. The van der Waals surface area contributed by atoms with Gasteiger partial charge in [-0.05, 0) is 57.4 Å². The van der Waals surface area contributed by atoms with Crippen molar-refractivity contribution in [2.45, 2.75) is 64.1 Å². The van der Waals surface area contributed by atoms with Gasteiger partial charge in [0.2, 0.25) is 0 Å². The fourth-order valence-electron chi connectivity index (χ4n) is 4.30. The number of aliphatic hydroxyl groups is 2. The molecule has 1 saturated carbocycles. The number of allylic oxidation sites excluding steroid dienone is 2. The van der Waals surface area contributed by atoms with Crippen LogP contribution in [0, 0.1) is 17.8 Å². The van der Waals surface area contributed by atoms with Crippen LogP contribution in [-0.2, 0) is 0 Å². The molecule has 150 valence electrons. The number of hydrogen-bond donors (Lipinski definition) is 2. The maximum atomic E-state index is 10.4. The summed E-state index contributed by atoms with van der Waals surface area (Å²) >= 11 is 2.04.